The highest BCUT2D eigenvalue weighted by atomic mass is 16.5. The van der Waals surface area contributed by atoms with E-state index in [1.165, 1.54) is 0 Å². The van der Waals surface area contributed by atoms with Crippen LogP contribution in [0.1, 0.15) is 30.3 Å². The van der Waals surface area contributed by atoms with Gasteiger partial charge in [0.2, 0.25) is 0 Å². The summed E-state index contributed by atoms with van der Waals surface area (Å²) in [4.78, 5) is 17.8. The molecule has 0 aliphatic carbocycles. The number of rotatable bonds is 6. The molecule has 3 aromatic rings. The third kappa shape index (κ3) is 4.06. The number of hydrogen-bond acceptors (Lipinski definition) is 6. The fraction of sp³-hybridized carbons (Fsp3) is 0.368. The lowest BCUT2D eigenvalue weighted by molar-refractivity contribution is -0.137. The average Bonchev–Trinajstić information content (AvgIpc) is 3.32. The summed E-state index contributed by atoms with van der Waals surface area (Å²) in [5, 5.41) is 17.3. The monoisotopic (exact) mass is 367 g/mol. The van der Waals surface area contributed by atoms with Gasteiger partial charge in [-0.15, -0.1) is 0 Å². The Morgan fingerprint density at radius 1 is 1.26 bits per heavy atom. The molecule has 0 radical (unpaired) electrons. The molecule has 0 saturated carbocycles. The lowest BCUT2D eigenvalue weighted by atomic mass is 9.94. The Bertz CT molecular complexity index is 905. The van der Waals surface area contributed by atoms with Gasteiger partial charge in [-0.2, -0.15) is 10.1 Å². The minimum Gasteiger partial charge on any atom is -0.480 e. The van der Waals surface area contributed by atoms with E-state index >= 15 is 0 Å². The maximum Gasteiger partial charge on any atom is 0.325 e. The first-order valence-electron chi connectivity index (χ1n) is 9.03. The van der Waals surface area contributed by atoms with E-state index in [0.717, 1.165) is 37.2 Å². The van der Waals surface area contributed by atoms with Crippen LogP contribution in [0.4, 0.5) is 0 Å². The van der Waals surface area contributed by atoms with E-state index in [-0.39, 0.29) is 12.5 Å². The van der Waals surface area contributed by atoms with E-state index < -0.39 is 5.97 Å². The molecule has 2 aromatic heterocycles. The maximum atomic E-state index is 11.0. The van der Waals surface area contributed by atoms with Crippen molar-refractivity contribution >= 4 is 5.97 Å². The van der Waals surface area contributed by atoms with Crippen molar-refractivity contribution in [2.24, 2.45) is 0 Å². The van der Waals surface area contributed by atoms with E-state index in [0.29, 0.717) is 18.3 Å². The van der Waals surface area contributed by atoms with Crippen molar-refractivity contribution < 1.29 is 14.4 Å². The smallest absolute Gasteiger partial charge is 0.325 e. The summed E-state index contributed by atoms with van der Waals surface area (Å²) in [6.45, 7) is 2.28. The quantitative estimate of drug-likeness (QED) is 0.714. The van der Waals surface area contributed by atoms with Gasteiger partial charge in [-0.25, -0.2) is 0 Å². The van der Waals surface area contributed by atoms with E-state index in [4.69, 9.17) is 9.63 Å². The Morgan fingerprint density at radius 2 is 2.11 bits per heavy atom. The molecule has 27 heavy (non-hydrogen) atoms. The van der Waals surface area contributed by atoms with Crippen LogP contribution in [0, 0.1) is 0 Å². The Balaban J connectivity index is 1.43. The van der Waals surface area contributed by atoms with Gasteiger partial charge in [-0.3, -0.25) is 14.4 Å². The molecule has 1 atom stereocenters. The maximum absolute atomic E-state index is 11.0. The van der Waals surface area contributed by atoms with Crippen molar-refractivity contribution in [3.8, 4) is 11.5 Å². The van der Waals surface area contributed by atoms with Crippen LogP contribution < -0.4 is 0 Å². The minimum absolute atomic E-state index is 0.107. The van der Waals surface area contributed by atoms with E-state index in [2.05, 4.69) is 20.1 Å². The van der Waals surface area contributed by atoms with E-state index in [9.17, 15) is 4.79 Å². The van der Waals surface area contributed by atoms with Crippen LogP contribution in [-0.2, 0) is 17.9 Å². The molecule has 0 bridgehead atoms. The molecule has 1 N–H and O–H groups in total. The van der Waals surface area contributed by atoms with Gasteiger partial charge in [0.25, 0.3) is 5.89 Å². The number of aliphatic carboxylic acids is 1. The summed E-state index contributed by atoms with van der Waals surface area (Å²) in [6.07, 6.45) is 3.72. The largest absolute Gasteiger partial charge is 0.480 e. The molecular weight excluding hydrogens is 346 g/mol. The molecule has 1 saturated heterocycles. The molecule has 1 fully saturated rings. The van der Waals surface area contributed by atoms with Crippen LogP contribution in [-0.4, -0.2) is 49.0 Å². The first-order valence-corrected chi connectivity index (χ1v) is 9.03. The van der Waals surface area contributed by atoms with Crippen LogP contribution in [0.5, 0.6) is 0 Å². The van der Waals surface area contributed by atoms with Gasteiger partial charge in [0.05, 0.1) is 6.54 Å². The fourth-order valence-electron chi connectivity index (χ4n) is 3.61. The molecule has 1 aromatic carbocycles. The third-order valence-electron chi connectivity index (χ3n) is 4.81. The number of carboxylic acid groups (broad SMARTS) is 1. The molecule has 0 spiro atoms. The van der Waals surface area contributed by atoms with Crippen LogP contribution in [0.15, 0.2) is 47.1 Å². The highest BCUT2D eigenvalue weighted by Crippen LogP contribution is 2.27. The predicted octanol–water partition coefficient (Wildman–Crippen LogP) is 2.40. The predicted molar refractivity (Wildman–Crippen MR) is 96.8 cm³/mol. The second kappa shape index (κ2) is 7.71. The summed E-state index contributed by atoms with van der Waals surface area (Å²) < 4.78 is 6.97. The molecule has 1 aliphatic rings. The van der Waals surface area contributed by atoms with Gasteiger partial charge in [-0.1, -0.05) is 23.4 Å². The molecule has 1 aliphatic heterocycles. The van der Waals surface area contributed by atoms with Crippen molar-refractivity contribution in [3.63, 3.8) is 0 Å². The molecule has 0 unspecified atom stereocenters. The number of likely N-dealkylation sites (tertiary alicyclic amines) is 1. The summed E-state index contributed by atoms with van der Waals surface area (Å²) in [7, 11) is 0. The number of benzene rings is 1. The number of nitrogens with zero attached hydrogens (tertiary/aromatic N) is 5. The van der Waals surface area contributed by atoms with Crippen molar-refractivity contribution in [1.29, 1.82) is 0 Å². The number of carboxylic acids is 1. The zero-order chi connectivity index (χ0) is 18.6. The lowest BCUT2D eigenvalue weighted by Crippen LogP contribution is -2.35. The molecular formula is C19H21N5O3. The van der Waals surface area contributed by atoms with E-state index in [1.807, 2.05) is 36.4 Å². The van der Waals surface area contributed by atoms with Crippen molar-refractivity contribution in [2.75, 3.05) is 13.1 Å². The van der Waals surface area contributed by atoms with Gasteiger partial charge < -0.3 is 9.63 Å². The second-order valence-electron chi connectivity index (χ2n) is 6.76. The van der Waals surface area contributed by atoms with Crippen LogP contribution in [0.2, 0.25) is 0 Å². The fourth-order valence-corrected chi connectivity index (χ4v) is 3.61. The number of hydrogen-bond donors (Lipinski definition) is 1. The Labute approximate surface area is 156 Å². The average molecular weight is 367 g/mol. The van der Waals surface area contributed by atoms with Gasteiger partial charge in [0.15, 0.2) is 5.82 Å². The third-order valence-corrected chi connectivity index (χ3v) is 4.81. The zero-order valence-electron chi connectivity index (χ0n) is 14.9. The summed E-state index contributed by atoms with van der Waals surface area (Å²) in [6, 6.07) is 11.6. The first-order chi connectivity index (χ1) is 13.2. The van der Waals surface area contributed by atoms with Gasteiger partial charge in [0.1, 0.15) is 6.54 Å². The molecule has 140 valence electrons. The molecule has 8 nitrogen and oxygen atoms in total. The van der Waals surface area contributed by atoms with Crippen molar-refractivity contribution in [2.45, 2.75) is 31.8 Å². The van der Waals surface area contributed by atoms with Crippen molar-refractivity contribution in [1.82, 2.24) is 24.8 Å². The molecule has 8 heteroatoms. The second-order valence-corrected chi connectivity index (χ2v) is 6.76. The topological polar surface area (TPSA) is 97.3 Å². The lowest BCUT2D eigenvalue weighted by Gasteiger charge is -2.32. The van der Waals surface area contributed by atoms with Crippen LogP contribution >= 0.6 is 0 Å². The minimum atomic E-state index is -0.882. The summed E-state index contributed by atoms with van der Waals surface area (Å²) in [5.74, 6) is 0.557. The molecule has 0 amide bonds. The number of piperidine rings is 1. The van der Waals surface area contributed by atoms with Gasteiger partial charge in [0, 0.05) is 29.9 Å². The zero-order valence-corrected chi connectivity index (χ0v) is 14.9. The normalized spacial score (nSPS) is 17.9. The SMILES string of the molecule is O=C(O)Cn1nccc1[C@H]1CCCN(Cc2noc(-c3ccccc3)n2)C1. The standard InChI is InChI=1S/C19H21N5O3/c25-18(26)13-24-16(8-9-20-24)15-7-4-10-23(11-15)12-17-21-19(27-22-17)14-5-2-1-3-6-14/h1-3,5-6,8-9,15H,4,7,10-13H2,(H,25,26)/t15-/m0/s1. The summed E-state index contributed by atoms with van der Waals surface area (Å²) >= 11 is 0. The Morgan fingerprint density at radius 3 is 2.93 bits per heavy atom. The molecule has 3 heterocycles. The Kier molecular flexibility index (Phi) is 4.97. The van der Waals surface area contributed by atoms with Crippen LogP contribution in [0.25, 0.3) is 11.5 Å². The Hall–Kier alpha value is -3.00. The van der Waals surface area contributed by atoms with Crippen molar-refractivity contribution in [3.05, 3.63) is 54.1 Å². The molecule has 4 rings (SSSR count). The number of aromatic nitrogens is 4. The number of carbonyl (C=O) groups is 1. The first kappa shape index (κ1) is 17.4. The highest BCUT2D eigenvalue weighted by Gasteiger charge is 2.25. The highest BCUT2D eigenvalue weighted by molar-refractivity contribution is 5.66. The van der Waals surface area contributed by atoms with Crippen LogP contribution in [0.3, 0.4) is 0 Å². The van der Waals surface area contributed by atoms with Gasteiger partial charge in [-0.05, 0) is 37.6 Å². The van der Waals surface area contributed by atoms with E-state index in [1.54, 1.807) is 10.9 Å². The summed E-state index contributed by atoms with van der Waals surface area (Å²) in [5.41, 5.74) is 1.88. The van der Waals surface area contributed by atoms with Gasteiger partial charge >= 0.3 is 5.97 Å².